The van der Waals surface area contributed by atoms with Gasteiger partial charge in [-0.05, 0) is 39.4 Å². The van der Waals surface area contributed by atoms with Crippen LogP contribution in [-0.2, 0) is 0 Å². The number of aldehydes is 2. The van der Waals surface area contributed by atoms with E-state index in [1.165, 1.54) is 0 Å². The van der Waals surface area contributed by atoms with Crippen LogP contribution in [0.2, 0.25) is 0 Å². The van der Waals surface area contributed by atoms with E-state index in [0.717, 1.165) is 46.0 Å². The molecule has 4 aromatic carbocycles. The minimum absolute atomic E-state index is 0.649. The number of hydrogen-bond donors (Lipinski definition) is 0. The van der Waals surface area contributed by atoms with Crippen LogP contribution in [-0.4, -0.2) is 12.6 Å². The molecule has 2 heteroatoms. The van der Waals surface area contributed by atoms with Gasteiger partial charge >= 0.3 is 0 Å². The minimum Gasteiger partial charge on any atom is -0.298 e. The van der Waals surface area contributed by atoms with Crippen molar-refractivity contribution < 1.29 is 9.59 Å². The molecule has 0 aliphatic carbocycles. The van der Waals surface area contributed by atoms with Crippen molar-refractivity contribution in [2.45, 2.75) is 0 Å². The molecule has 0 bridgehead atoms. The molecule has 4 aromatic rings. The van der Waals surface area contributed by atoms with Gasteiger partial charge in [0, 0.05) is 11.1 Å². The molecule has 0 radical (unpaired) electrons. The van der Waals surface area contributed by atoms with Crippen molar-refractivity contribution in [3.05, 3.63) is 108 Å². The number of carbonyl (C=O) groups is 2. The minimum atomic E-state index is 0.649. The number of rotatable bonds is 5. The third kappa shape index (κ3) is 3.40. The van der Waals surface area contributed by atoms with Crippen molar-refractivity contribution in [3.63, 3.8) is 0 Å². The van der Waals surface area contributed by atoms with Crippen molar-refractivity contribution in [3.8, 4) is 33.4 Å². The summed E-state index contributed by atoms with van der Waals surface area (Å²) < 4.78 is 0. The topological polar surface area (TPSA) is 34.1 Å². The zero-order chi connectivity index (χ0) is 19.3. The molecule has 0 spiro atoms. The van der Waals surface area contributed by atoms with Crippen LogP contribution in [0.15, 0.2) is 97.1 Å². The van der Waals surface area contributed by atoms with E-state index in [9.17, 15) is 9.59 Å². The lowest BCUT2D eigenvalue weighted by Gasteiger charge is -2.15. The number of carbonyl (C=O) groups excluding carboxylic acids is 2. The molecule has 2 nitrogen and oxygen atoms in total. The van der Waals surface area contributed by atoms with Crippen LogP contribution in [0.5, 0.6) is 0 Å². The molecule has 0 atom stereocenters. The van der Waals surface area contributed by atoms with Crippen molar-refractivity contribution in [2.75, 3.05) is 0 Å². The summed E-state index contributed by atoms with van der Waals surface area (Å²) in [7, 11) is 0. The number of benzene rings is 4. The lowest BCUT2D eigenvalue weighted by atomic mass is 9.88. The Morgan fingerprint density at radius 1 is 0.429 bits per heavy atom. The fourth-order valence-electron chi connectivity index (χ4n) is 3.44. The first-order valence-corrected chi connectivity index (χ1v) is 9.10. The van der Waals surface area contributed by atoms with Gasteiger partial charge in [0.2, 0.25) is 0 Å². The quantitative estimate of drug-likeness (QED) is 0.390. The Morgan fingerprint density at radius 3 is 1.64 bits per heavy atom. The second-order valence-electron chi connectivity index (χ2n) is 6.57. The maximum absolute atomic E-state index is 11.4. The first-order valence-electron chi connectivity index (χ1n) is 9.10. The second-order valence-corrected chi connectivity index (χ2v) is 6.57. The lowest BCUT2D eigenvalue weighted by molar-refractivity contribution is 0.111. The van der Waals surface area contributed by atoms with Gasteiger partial charge < -0.3 is 0 Å². The fraction of sp³-hybridized carbons (Fsp3) is 0. The van der Waals surface area contributed by atoms with Crippen LogP contribution < -0.4 is 0 Å². The van der Waals surface area contributed by atoms with Gasteiger partial charge in [-0.2, -0.15) is 0 Å². The average Bonchev–Trinajstić information content (AvgIpc) is 2.79. The van der Waals surface area contributed by atoms with Crippen LogP contribution in [0.4, 0.5) is 0 Å². The van der Waals surface area contributed by atoms with Crippen molar-refractivity contribution >= 4 is 12.6 Å². The summed E-state index contributed by atoms with van der Waals surface area (Å²) in [6.07, 6.45) is 1.72. The molecule has 0 aliphatic heterocycles. The Bertz CT molecular complexity index is 1130. The Labute approximate surface area is 164 Å². The van der Waals surface area contributed by atoms with Crippen LogP contribution in [0.3, 0.4) is 0 Å². The third-order valence-electron chi connectivity index (χ3n) is 4.84. The summed E-state index contributed by atoms with van der Waals surface area (Å²) in [4.78, 5) is 22.3. The Balaban J connectivity index is 1.93. The van der Waals surface area contributed by atoms with E-state index in [0.29, 0.717) is 11.1 Å². The van der Waals surface area contributed by atoms with Crippen molar-refractivity contribution in [2.24, 2.45) is 0 Å². The molecular formula is C26H18O2. The highest BCUT2D eigenvalue weighted by atomic mass is 16.1. The van der Waals surface area contributed by atoms with Crippen LogP contribution >= 0.6 is 0 Å². The summed E-state index contributed by atoms with van der Waals surface area (Å²) in [5.74, 6) is 0. The van der Waals surface area contributed by atoms with Gasteiger partial charge in [0.05, 0.1) is 0 Å². The van der Waals surface area contributed by atoms with Gasteiger partial charge in [0.15, 0.2) is 0 Å². The first kappa shape index (κ1) is 17.6. The maximum Gasteiger partial charge on any atom is 0.150 e. The highest BCUT2D eigenvalue weighted by molar-refractivity contribution is 5.94. The zero-order valence-electron chi connectivity index (χ0n) is 15.2. The fourth-order valence-corrected chi connectivity index (χ4v) is 3.44. The summed E-state index contributed by atoms with van der Waals surface area (Å²) in [5.41, 5.74) is 7.65. The van der Waals surface area contributed by atoms with E-state index >= 15 is 0 Å². The summed E-state index contributed by atoms with van der Waals surface area (Å²) in [5, 5.41) is 0. The van der Waals surface area contributed by atoms with E-state index in [1.807, 2.05) is 72.8 Å². The second kappa shape index (κ2) is 7.85. The molecule has 0 fully saturated rings. The monoisotopic (exact) mass is 362 g/mol. The first-order chi connectivity index (χ1) is 13.8. The largest absolute Gasteiger partial charge is 0.298 e. The average molecular weight is 362 g/mol. The predicted molar refractivity (Wildman–Crippen MR) is 114 cm³/mol. The smallest absolute Gasteiger partial charge is 0.150 e. The number of hydrogen-bond acceptors (Lipinski definition) is 2. The van der Waals surface area contributed by atoms with Crippen molar-refractivity contribution in [1.29, 1.82) is 0 Å². The van der Waals surface area contributed by atoms with Gasteiger partial charge in [-0.1, -0.05) is 91.0 Å². The molecule has 0 unspecified atom stereocenters. The van der Waals surface area contributed by atoms with Crippen LogP contribution in [0, 0.1) is 0 Å². The molecule has 0 amide bonds. The van der Waals surface area contributed by atoms with E-state index in [1.54, 1.807) is 0 Å². The van der Waals surface area contributed by atoms with E-state index < -0.39 is 0 Å². The third-order valence-corrected chi connectivity index (χ3v) is 4.84. The molecule has 4 rings (SSSR count). The highest BCUT2D eigenvalue weighted by Gasteiger charge is 2.13. The standard InChI is InChI=1S/C26H18O2/c27-17-19-10-13-22(14-11-19)23-8-4-5-9-24(23)25-15-12-20(18-28)16-26(25)21-6-2-1-3-7-21/h1-18H. The Morgan fingerprint density at radius 2 is 0.964 bits per heavy atom. The van der Waals surface area contributed by atoms with E-state index in [-0.39, 0.29) is 0 Å². The van der Waals surface area contributed by atoms with Gasteiger partial charge in [-0.3, -0.25) is 9.59 Å². The van der Waals surface area contributed by atoms with Gasteiger partial charge in [-0.15, -0.1) is 0 Å². The molecule has 134 valence electrons. The van der Waals surface area contributed by atoms with Crippen LogP contribution in [0.1, 0.15) is 20.7 Å². The van der Waals surface area contributed by atoms with Gasteiger partial charge in [0.1, 0.15) is 12.6 Å². The molecule has 0 heterocycles. The summed E-state index contributed by atoms with van der Waals surface area (Å²) in [6.45, 7) is 0. The van der Waals surface area contributed by atoms with Crippen molar-refractivity contribution in [1.82, 2.24) is 0 Å². The highest BCUT2D eigenvalue weighted by Crippen LogP contribution is 2.38. The molecular weight excluding hydrogens is 344 g/mol. The zero-order valence-corrected chi connectivity index (χ0v) is 15.2. The molecule has 0 saturated heterocycles. The predicted octanol–water partition coefficient (Wildman–Crippen LogP) is 6.31. The van der Waals surface area contributed by atoms with Gasteiger partial charge in [0.25, 0.3) is 0 Å². The Hall–Kier alpha value is -3.78. The summed E-state index contributed by atoms with van der Waals surface area (Å²) in [6, 6.07) is 31.6. The lowest BCUT2D eigenvalue weighted by Crippen LogP contribution is -1.91. The van der Waals surface area contributed by atoms with E-state index in [2.05, 4.69) is 24.3 Å². The Kier molecular flexibility index (Phi) is 4.94. The van der Waals surface area contributed by atoms with Gasteiger partial charge in [-0.25, -0.2) is 0 Å². The molecule has 0 aliphatic rings. The summed E-state index contributed by atoms with van der Waals surface area (Å²) >= 11 is 0. The SMILES string of the molecule is O=Cc1ccc(-c2ccccc2-c2ccc(C=O)cc2-c2ccccc2)cc1. The van der Waals surface area contributed by atoms with E-state index in [4.69, 9.17) is 0 Å². The van der Waals surface area contributed by atoms with Crippen LogP contribution in [0.25, 0.3) is 33.4 Å². The molecule has 0 saturated carbocycles. The molecule has 28 heavy (non-hydrogen) atoms. The maximum atomic E-state index is 11.4. The molecule has 0 N–H and O–H groups in total. The molecule has 0 aromatic heterocycles. The normalized spacial score (nSPS) is 10.4.